The molecule has 0 aliphatic carbocycles. The van der Waals surface area contributed by atoms with Crippen LogP contribution in [0.1, 0.15) is 11.3 Å². The van der Waals surface area contributed by atoms with Crippen LogP contribution in [0, 0.1) is 6.92 Å². The molecule has 0 N–H and O–H groups in total. The standard InChI is InChI=1S/C15H14BrN3OS/c1-10-13(7-8-20-10)14-17-18-15(19(14)2)21-9-11-3-5-12(16)6-4-11/h3-8H,9H2,1-2H3. The molecule has 0 amide bonds. The Morgan fingerprint density at radius 1 is 1.19 bits per heavy atom. The summed E-state index contributed by atoms with van der Waals surface area (Å²) in [6, 6.07) is 10.2. The summed E-state index contributed by atoms with van der Waals surface area (Å²) in [6.07, 6.45) is 1.67. The first kappa shape index (κ1) is 14.4. The SMILES string of the molecule is Cc1occc1-c1nnc(SCc2ccc(Br)cc2)n1C. The monoisotopic (exact) mass is 363 g/mol. The maximum atomic E-state index is 5.33. The number of hydrogen-bond donors (Lipinski definition) is 0. The summed E-state index contributed by atoms with van der Waals surface area (Å²) < 4.78 is 8.42. The lowest BCUT2D eigenvalue weighted by molar-refractivity contribution is 0.534. The molecule has 3 aromatic rings. The molecule has 21 heavy (non-hydrogen) atoms. The molecule has 0 atom stereocenters. The number of thioether (sulfide) groups is 1. The molecule has 6 heteroatoms. The van der Waals surface area contributed by atoms with Gasteiger partial charge in [-0.25, -0.2) is 0 Å². The van der Waals surface area contributed by atoms with E-state index in [2.05, 4.69) is 38.3 Å². The molecule has 0 aliphatic rings. The van der Waals surface area contributed by atoms with E-state index in [-0.39, 0.29) is 0 Å². The summed E-state index contributed by atoms with van der Waals surface area (Å²) in [7, 11) is 1.98. The van der Waals surface area contributed by atoms with Crippen molar-refractivity contribution in [3.63, 3.8) is 0 Å². The van der Waals surface area contributed by atoms with Crippen LogP contribution in [0.2, 0.25) is 0 Å². The summed E-state index contributed by atoms with van der Waals surface area (Å²) in [6.45, 7) is 1.93. The summed E-state index contributed by atoms with van der Waals surface area (Å²) in [5.41, 5.74) is 2.24. The normalized spacial score (nSPS) is 11.0. The Balaban J connectivity index is 1.77. The highest BCUT2D eigenvalue weighted by Gasteiger charge is 2.14. The predicted molar refractivity (Wildman–Crippen MR) is 87.1 cm³/mol. The summed E-state index contributed by atoms with van der Waals surface area (Å²) in [4.78, 5) is 0. The van der Waals surface area contributed by atoms with Crippen molar-refractivity contribution in [3.8, 4) is 11.4 Å². The molecule has 1 aromatic carbocycles. The minimum absolute atomic E-state index is 0.833. The van der Waals surface area contributed by atoms with Gasteiger partial charge in [-0.1, -0.05) is 39.8 Å². The van der Waals surface area contributed by atoms with Crippen LogP contribution in [0.25, 0.3) is 11.4 Å². The van der Waals surface area contributed by atoms with E-state index in [1.54, 1.807) is 18.0 Å². The zero-order chi connectivity index (χ0) is 14.8. The lowest BCUT2D eigenvalue weighted by Gasteiger charge is -2.03. The van der Waals surface area contributed by atoms with Gasteiger partial charge in [-0.05, 0) is 30.7 Å². The van der Waals surface area contributed by atoms with Gasteiger partial charge in [0.05, 0.1) is 11.8 Å². The lowest BCUT2D eigenvalue weighted by Crippen LogP contribution is -1.95. The van der Waals surface area contributed by atoms with Gasteiger partial charge in [0.15, 0.2) is 11.0 Å². The third-order valence-corrected chi connectivity index (χ3v) is 4.84. The second-order valence-corrected chi connectivity index (χ2v) is 6.53. The molecule has 3 rings (SSSR count). The van der Waals surface area contributed by atoms with E-state index in [0.29, 0.717) is 0 Å². The van der Waals surface area contributed by atoms with Gasteiger partial charge in [-0.3, -0.25) is 0 Å². The second-order valence-electron chi connectivity index (χ2n) is 4.67. The Kier molecular flexibility index (Phi) is 4.17. The number of aromatic nitrogens is 3. The van der Waals surface area contributed by atoms with Crippen molar-refractivity contribution in [1.29, 1.82) is 0 Å². The van der Waals surface area contributed by atoms with Gasteiger partial charge < -0.3 is 8.98 Å². The fourth-order valence-electron chi connectivity index (χ4n) is 2.02. The molecule has 2 aromatic heterocycles. The van der Waals surface area contributed by atoms with Gasteiger partial charge in [-0.2, -0.15) is 0 Å². The van der Waals surface area contributed by atoms with Crippen molar-refractivity contribution in [3.05, 3.63) is 52.4 Å². The van der Waals surface area contributed by atoms with Gasteiger partial charge >= 0.3 is 0 Å². The molecule has 0 bridgehead atoms. The van der Waals surface area contributed by atoms with Gasteiger partial charge in [0, 0.05) is 17.3 Å². The summed E-state index contributed by atoms with van der Waals surface area (Å²) >= 11 is 5.12. The molecule has 0 fully saturated rings. The Hall–Kier alpha value is -1.53. The average molecular weight is 364 g/mol. The van der Waals surface area contributed by atoms with E-state index in [9.17, 15) is 0 Å². The Morgan fingerprint density at radius 2 is 1.95 bits per heavy atom. The second kappa shape index (κ2) is 6.07. The van der Waals surface area contributed by atoms with Crippen LogP contribution in [0.15, 0.2) is 50.6 Å². The smallest absolute Gasteiger partial charge is 0.191 e. The lowest BCUT2D eigenvalue weighted by atomic mass is 10.2. The van der Waals surface area contributed by atoms with E-state index in [1.165, 1.54) is 5.56 Å². The Labute approximate surface area is 135 Å². The molecule has 0 radical (unpaired) electrons. The number of halogens is 1. The Bertz CT molecular complexity index is 749. The van der Waals surface area contributed by atoms with Crippen LogP contribution < -0.4 is 0 Å². The number of nitrogens with zero attached hydrogens (tertiary/aromatic N) is 3. The molecular formula is C15H14BrN3OS. The highest BCUT2D eigenvalue weighted by molar-refractivity contribution is 9.10. The van der Waals surface area contributed by atoms with Crippen LogP contribution in [0.4, 0.5) is 0 Å². The molecule has 0 saturated heterocycles. The molecule has 0 aliphatic heterocycles. The highest BCUT2D eigenvalue weighted by Crippen LogP contribution is 2.27. The molecule has 0 spiro atoms. The maximum Gasteiger partial charge on any atom is 0.191 e. The molecular weight excluding hydrogens is 350 g/mol. The predicted octanol–water partition coefficient (Wildman–Crippen LogP) is 4.44. The zero-order valence-corrected chi connectivity index (χ0v) is 14.1. The van der Waals surface area contributed by atoms with E-state index < -0.39 is 0 Å². The third-order valence-electron chi connectivity index (χ3n) is 3.22. The summed E-state index contributed by atoms with van der Waals surface area (Å²) in [5, 5.41) is 9.44. The molecule has 108 valence electrons. The first-order chi connectivity index (χ1) is 10.1. The van der Waals surface area contributed by atoms with E-state index >= 15 is 0 Å². The third kappa shape index (κ3) is 3.06. The minimum atomic E-state index is 0.833. The average Bonchev–Trinajstić information content (AvgIpc) is 3.04. The molecule has 0 unspecified atom stereocenters. The summed E-state index contributed by atoms with van der Waals surface area (Å²) in [5.74, 6) is 2.55. The van der Waals surface area contributed by atoms with Gasteiger partial charge in [0.2, 0.25) is 0 Å². The molecule has 0 saturated carbocycles. The first-order valence-corrected chi connectivity index (χ1v) is 8.24. The number of furan rings is 1. The van der Waals surface area contributed by atoms with Gasteiger partial charge in [0.1, 0.15) is 5.76 Å². The van der Waals surface area contributed by atoms with Crippen LogP contribution in [-0.2, 0) is 12.8 Å². The van der Waals surface area contributed by atoms with Crippen LogP contribution in [0.3, 0.4) is 0 Å². The first-order valence-electron chi connectivity index (χ1n) is 6.46. The number of rotatable bonds is 4. The van der Waals surface area contributed by atoms with Gasteiger partial charge in [0.25, 0.3) is 0 Å². The van der Waals surface area contributed by atoms with Crippen molar-refractivity contribution >= 4 is 27.7 Å². The van der Waals surface area contributed by atoms with E-state index in [4.69, 9.17) is 4.42 Å². The zero-order valence-electron chi connectivity index (χ0n) is 11.7. The van der Waals surface area contributed by atoms with E-state index in [0.717, 1.165) is 32.5 Å². The Morgan fingerprint density at radius 3 is 2.62 bits per heavy atom. The van der Waals surface area contributed by atoms with Crippen molar-refractivity contribution in [1.82, 2.24) is 14.8 Å². The van der Waals surface area contributed by atoms with Crippen molar-refractivity contribution in [2.75, 3.05) is 0 Å². The van der Waals surface area contributed by atoms with Crippen LogP contribution in [0.5, 0.6) is 0 Å². The van der Waals surface area contributed by atoms with Gasteiger partial charge in [-0.15, -0.1) is 10.2 Å². The fourth-order valence-corrected chi connectivity index (χ4v) is 3.15. The van der Waals surface area contributed by atoms with Crippen LogP contribution >= 0.6 is 27.7 Å². The fraction of sp³-hybridized carbons (Fsp3) is 0.200. The number of benzene rings is 1. The topological polar surface area (TPSA) is 43.9 Å². The highest BCUT2D eigenvalue weighted by atomic mass is 79.9. The van der Waals surface area contributed by atoms with E-state index in [1.807, 2.05) is 36.7 Å². The minimum Gasteiger partial charge on any atom is -0.469 e. The van der Waals surface area contributed by atoms with Crippen molar-refractivity contribution < 1.29 is 4.42 Å². The van der Waals surface area contributed by atoms with Crippen molar-refractivity contribution in [2.24, 2.45) is 7.05 Å². The number of hydrogen-bond acceptors (Lipinski definition) is 4. The maximum absolute atomic E-state index is 5.33. The number of aryl methyl sites for hydroxylation is 1. The quantitative estimate of drug-likeness (QED) is 0.642. The molecule has 2 heterocycles. The molecule has 4 nitrogen and oxygen atoms in total. The van der Waals surface area contributed by atoms with Crippen LogP contribution in [-0.4, -0.2) is 14.8 Å². The van der Waals surface area contributed by atoms with Crippen molar-refractivity contribution in [2.45, 2.75) is 17.8 Å². The largest absolute Gasteiger partial charge is 0.469 e.